The third-order valence-corrected chi connectivity index (χ3v) is 5.32. The average Bonchev–Trinajstić information content (AvgIpc) is 2.91. The topological polar surface area (TPSA) is 34.4 Å². The number of benzene rings is 2. The molecule has 0 unspecified atom stereocenters. The first-order valence-corrected chi connectivity index (χ1v) is 9.41. The van der Waals surface area contributed by atoms with Crippen molar-refractivity contribution in [2.24, 2.45) is 4.99 Å². The third-order valence-electron chi connectivity index (χ3n) is 3.80. The van der Waals surface area contributed by atoms with Crippen LogP contribution in [0.1, 0.15) is 22.2 Å². The zero-order chi connectivity index (χ0) is 18.0. The zero-order valence-electron chi connectivity index (χ0n) is 13.8. The van der Waals surface area contributed by atoms with Gasteiger partial charge in [-0.25, -0.2) is 4.39 Å². The van der Waals surface area contributed by atoms with Crippen LogP contribution in [0.25, 0.3) is 11.3 Å². The lowest BCUT2D eigenvalue weighted by Gasteiger charge is -2.07. The van der Waals surface area contributed by atoms with Crippen molar-refractivity contribution in [3.63, 3.8) is 0 Å². The second-order valence-electron chi connectivity index (χ2n) is 5.46. The normalized spacial score (nSPS) is 11.8. The van der Waals surface area contributed by atoms with Gasteiger partial charge in [0.05, 0.1) is 5.69 Å². The average molecular weight is 419 g/mol. The van der Waals surface area contributed by atoms with E-state index in [-0.39, 0.29) is 11.7 Å². The summed E-state index contributed by atoms with van der Waals surface area (Å²) in [6.45, 7) is 4.75. The summed E-state index contributed by atoms with van der Waals surface area (Å²) in [5.74, 6) is -0.740. The predicted molar refractivity (Wildman–Crippen MR) is 102 cm³/mol. The van der Waals surface area contributed by atoms with Crippen LogP contribution in [0, 0.1) is 12.7 Å². The van der Waals surface area contributed by atoms with Crippen molar-refractivity contribution < 1.29 is 9.18 Å². The van der Waals surface area contributed by atoms with Crippen LogP contribution < -0.4 is 4.80 Å². The molecule has 0 fully saturated rings. The highest BCUT2D eigenvalue weighted by Crippen LogP contribution is 2.26. The van der Waals surface area contributed by atoms with Gasteiger partial charge < -0.3 is 4.57 Å². The fraction of sp³-hybridized carbons (Fsp3) is 0.158. The molecule has 0 aliphatic rings. The number of rotatable bonds is 3. The molecule has 1 aromatic heterocycles. The van der Waals surface area contributed by atoms with E-state index in [1.807, 2.05) is 42.7 Å². The van der Waals surface area contributed by atoms with Crippen molar-refractivity contribution in [3.05, 3.63) is 74.1 Å². The molecule has 25 heavy (non-hydrogen) atoms. The second kappa shape index (κ2) is 7.45. The van der Waals surface area contributed by atoms with E-state index in [1.165, 1.54) is 35.6 Å². The molecule has 0 aliphatic carbocycles. The second-order valence-corrected chi connectivity index (χ2v) is 7.56. The van der Waals surface area contributed by atoms with Crippen molar-refractivity contribution in [2.45, 2.75) is 20.4 Å². The van der Waals surface area contributed by atoms with Crippen molar-refractivity contribution in [2.75, 3.05) is 0 Å². The van der Waals surface area contributed by atoms with Crippen molar-refractivity contribution in [3.8, 4) is 11.3 Å². The van der Waals surface area contributed by atoms with Gasteiger partial charge in [-0.05, 0) is 55.8 Å². The Morgan fingerprint density at radius 2 is 1.80 bits per heavy atom. The Bertz CT molecular complexity index is 972. The fourth-order valence-electron chi connectivity index (χ4n) is 2.61. The van der Waals surface area contributed by atoms with Gasteiger partial charge in [0, 0.05) is 21.5 Å². The van der Waals surface area contributed by atoms with E-state index in [4.69, 9.17) is 0 Å². The Labute approximate surface area is 157 Å². The summed E-state index contributed by atoms with van der Waals surface area (Å²) >= 11 is 4.93. The molecule has 128 valence electrons. The number of thiazole rings is 1. The van der Waals surface area contributed by atoms with Crippen LogP contribution in [0.3, 0.4) is 0 Å². The van der Waals surface area contributed by atoms with E-state index in [0.29, 0.717) is 16.9 Å². The van der Waals surface area contributed by atoms with Crippen LogP contribution in [0.15, 0.2) is 58.0 Å². The van der Waals surface area contributed by atoms with Crippen molar-refractivity contribution in [1.82, 2.24) is 4.57 Å². The summed E-state index contributed by atoms with van der Waals surface area (Å²) < 4.78 is 16.1. The molecule has 2 aromatic carbocycles. The minimum absolute atomic E-state index is 0.370. The van der Waals surface area contributed by atoms with E-state index in [0.717, 1.165) is 20.6 Å². The molecule has 0 radical (unpaired) electrons. The van der Waals surface area contributed by atoms with Crippen molar-refractivity contribution >= 4 is 33.2 Å². The molecule has 0 atom stereocenters. The SMILES string of the molecule is CCn1c(-c2ccc(Br)cc2)c(C)sc1=NC(=O)c1ccc(F)cc1. The van der Waals surface area contributed by atoms with Crippen LogP contribution in [0.2, 0.25) is 0 Å². The van der Waals surface area contributed by atoms with Crippen LogP contribution in [-0.2, 0) is 6.54 Å². The molecule has 3 nitrogen and oxygen atoms in total. The first-order valence-electron chi connectivity index (χ1n) is 7.80. The number of amides is 1. The molecule has 1 heterocycles. The highest BCUT2D eigenvalue weighted by molar-refractivity contribution is 9.10. The molecular formula is C19H16BrFN2OS. The van der Waals surface area contributed by atoms with Gasteiger partial charge in [-0.15, -0.1) is 11.3 Å². The van der Waals surface area contributed by atoms with E-state index in [1.54, 1.807) is 0 Å². The van der Waals surface area contributed by atoms with E-state index in [9.17, 15) is 9.18 Å². The molecule has 0 N–H and O–H groups in total. The first-order chi connectivity index (χ1) is 12.0. The van der Waals surface area contributed by atoms with Crippen molar-refractivity contribution in [1.29, 1.82) is 0 Å². The highest BCUT2D eigenvalue weighted by Gasteiger charge is 2.13. The molecule has 1 amide bonds. The van der Waals surface area contributed by atoms with E-state index >= 15 is 0 Å². The molecule has 0 aliphatic heterocycles. The highest BCUT2D eigenvalue weighted by atomic mass is 79.9. The summed E-state index contributed by atoms with van der Waals surface area (Å²) in [6.07, 6.45) is 0. The first kappa shape index (κ1) is 17.8. The maximum absolute atomic E-state index is 13.0. The number of aromatic nitrogens is 1. The number of halogens is 2. The predicted octanol–water partition coefficient (Wildman–Crippen LogP) is 5.19. The third kappa shape index (κ3) is 3.80. The summed E-state index contributed by atoms with van der Waals surface area (Å²) in [4.78, 5) is 18.4. The van der Waals surface area contributed by atoms with Gasteiger partial charge in [-0.2, -0.15) is 4.99 Å². The summed E-state index contributed by atoms with van der Waals surface area (Å²) in [6, 6.07) is 13.5. The maximum Gasteiger partial charge on any atom is 0.279 e. The number of aryl methyl sites for hydroxylation is 1. The monoisotopic (exact) mass is 418 g/mol. The molecule has 6 heteroatoms. The van der Waals surface area contributed by atoms with E-state index < -0.39 is 0 Å². The molecule has 3 rings (SSSR count). The van der Waals surface area contributed by atoms with Gasteiger partial charge in [0.2, 0.25) is 0 Å². The number of nitrogens with zero attached hydrogens (tertiary/aromatic N) is 2. The molecule has 3 aromatic rings. The smallest absolute Gasteiger partial charge is 0.279 e. The van der Waals surface area contributed by atoms with Gasteiger partial charge in [0.25, 0.3) is 5.91 Å². The van der Waals surface area contributed by atoms with Gasteiger partial charge in [-0.1, -0.05) is 28.1 Å². The molecular weight excluding hydrogens is 403 g/mol. The minimum Gasteiger partial charge on any atom is -0.316 e. The summed E-state index contributed by atoms with van der Waals surface area (Å²) in [7, 11) is 0. The lowest BCUT2D eigenvalue weighted by molar-refractivity contribution is 0.0998. The van der Waals surface area contributed by atoms with Gasteiger partial charge in [0.15, 0.2) is 4.80 Å². The quantitative estimate of drug-likeness (QED) is 0.576. The Hall–Kier alpha value is -2.05. The van der Waals surface area contributed by atoms with Gasteiger partial charge in [0.1, 0.15) is 5.82 Å². The number of hydrogen-bond acceptors (Lipinski definition) is 2. The number of carbonyl (C=O) groups is 1. The van der Waals surface area contributed by atoms with Crippen LogP contribution in [0.4, 0.5) is 4.39 Å². The Morgan fingerprint density at radius 3 is 2.40 bits per heavy atom. The number of carbonyl (C=O) groups excluding carboxylic acids is 1. The Kier molecular flexibility index (Phi) is 5.30. The maximum atomic E-state index is 13.0. The molecule has 0 spiro atoms. The lowest BCUT2D eigenvalue weighted by atomic mass is 10.1. The van der Waals surface area contributed by atoms with Gasteiger partial charge in [-0.3, -0.25) is 4.79 Å². The molecule has 0 bridgehead atoms. The largest absolute Gasteiger partial charge is 0.316 e. The standard InChI is InChI=1S/C19H16BrFN2OS/c1-3-23-17(13-4-8-15(20)9-5-13)12(2)25-19(23)22-18(24)14-6-10-16(21)11-7-14/h4-11H,3H2,1-2H3. The van der Waals surface area contributed by atoms with Crippen LogP contribution in [0.5, 0.6) is 0 Å². The Morgan fingerprint density at radius 1 is 1.16 bits per heavy atom. The zero-order valence-corrected chi connectivity index (χ0v) is 16.2. The Balaban J connectivity index is 2.08. The summed E-state index contributed by atoms with van der Waals surface area (Å²) in [5, 5.41) is 0. The minimum atomic E-state index is -0.371. The molecule has 0 saturated carbocycles. The number of hydrogen-bond donors (Lipinski definition) is 0. The van der Waals surface area contributed by atoms with E-state index in [2.05, 4.69) is 20.9 Å². The fourth-order valence-corrected chi connectivity index (χ4v) is 3.94. The van der Waals surface area contributed by atoms with Gasteiger partial charge >= 0.3 is 0 Å². The van der Waals surface area contributed by atoms with Crippen LogP contribution in [-0.4, -0.2) is 10.5 Å². The lowest BCUT2D eigenvalue weighted by Crippen LogP contribution is -2.17. The molecule has 0 saturated heterocycles. The van der Waals surface area contributed by atoms with Crippen LogP contribution >= 0.6 is 27.3 Å². The summed E-state index contributed by atoms with van der Waals surface area (Å²) in [5.41, 5.74) is 2.51.